The Morgan fingerprint density at radius 3 is 2.21 bits per heavy atom. The predicted molar refractivity (Wildman–Crippen MR) is 71.2 cm³/mol. The monoisotopic (exact) mass is 256 g/mol. The summed E-state index contributed by atoms with van der Waals surface area (Å²) in [6, 6.07) is 6.67. The summed E-state index contributed by atoms with van der Waals surface area (Å²) in [4.78, 5) is 24.9. The largest absolute Gasteiger partial charge is 0.371 e. The van der Waals surface area contributed by atoms with Gasteiger partial charge in [0.25, 0.3) is 0 Å². The van der Waals surface area contributed by atoms with Gasteiger partial charge >= 0.3 is 0 Å². The number of fused-ring (bicyclic) bond motifs is 1. The van der Waals surface area contributed by atoms with Crippen LogP contribution in [0, 0.1) is 0 Å². The minimum absolute atomic E-state index is 0.347. The van der Waals surface area contributed by atoms with Gasteiger partial charge in [-0.3, -0.25) is 9.59 Å². The summed E-state index contributed by atoms with van der Waals surface area (Å²) in [6.45, 7) is 0. The maximum absolute atomic E-state index is 12.4. The highest BCUT2D eigenvalue weighted by Gasteiger charge is 2.53. The van der Waals surface area contributed by atoms with Crippen LogP contribution >= 0.6 is 0 Å². The summed E-state index contributed by atoms with van der Waals surface area (Å²) in [5.41, 5.74) is -0.648. The van der Waals surface area contributed by atoms with E-state index in [2.05, 4.69) is 0 Å². The molecule has 0 fully saturated rings. The molecule has 0 atom stereocenters. The smallest absolute Gasteiger partial charge is 0.212 e. The minimum atomic E-state index is -1.94. The maximum Gasteiger partial charge on any atom is 0.212 e. The molecule has 1 aromatic rings. The standard InChI is InChI=1S/C16H16O3/c17-14-12-9-5-6-10-13(12)15(18)16(14,19)11-7-3-1-2-4-8-11/h5-7,9-10,19H,1-4,8H2. The third-order valence-electron chi connectivity index (χ3n) is 4.08. The molecule has 0 saturated carbocycles. The van der Waals surface area contributed by atoms with E-state index in [4.69, 9.17) is 0 Å². The molecule has 2 aliphatic carbocycles. The van der Waals surface area contributed by atoms with Gasteiger partial charge in [0, 0.05) is 11.1 Å². The Hall–Kier alpha value is -1.74. The van der Waals surface area contributed by atoms with Gasteiger partial charge in [-0.2, -0.15) is 0 Å². The van der Waals surface area contributed by atoms with Gasteiger partial charge < -0.3 is 5.11 Å². The number of aliphatic hydroxyl groups is 1. The Morgan fingerprint density at radius 1 is 0.947 bits per heavy atom. The Balaban J connectivity index is 2.09. The highest BCUT2D eigenvalue weighted by atomic mass is 16.3. The van der Waals surface area contributed by atoms with Crippen molar-refractivity contribution in [3.05, 3.63) is 47.0 Å². The molecule has 3 nitrogen and oxygen atoms in total. The molecule has 0 unspecified atom stereocenters. The lowest BCUT2D eigenvalue weighted by Gasteiger charge is -2.22. The van der Waals surface area contributed by atoms with E-state index >= 15 is 0 Å². The fourth-order valence-electron chi connectivity index (χ4n) is 3.01. The number of carbonyl (C=O) groups is 2. The van der Waals surface area contributed by atoms with E-state index in [1.165, 1.54) is 0 Å². The fraction of sp³-hybridized carbons (Fsp3) is 0.375. The molecule has 1 N–H and O–H groups in total. The first-order chi connectivity index (χ1) is 9.15. The van der Waals surface area contributed by atoms with Crippen molar-refractivity contribution >= 4 is 11.6 Å². The molecule has 0 aliphatic heterocycles. The number of benzene rings is 1. The zero-order chi connectivity index (χ0) is 13.5. The fourth-order valence-corrected chi connectivity index (χ4v) is 3.01. The van der Waals surface area contributed by atoms with Crippen LogP contribution in [0.2, 0.25) is 0 Å². The van der Waals surface area contributed by atoms with E-state index in [-0.39, 0.29) is 0 Å². The zero-order valence-corrected chi connectivity index (χ0v) is 10.7. The molecule has 0 aromatic heterocycles. The van der Waals surface area contributed by atoms with E-state index in [0.717, 1.165) is 25.7 Å². The average Bonchev–Trinajstić information content (AvgIpc) is 2.67. The number of hydrogen-bond donors (Lipinski definition) is 1. The van der Waals surface area contributed by atoms with Crippen molar-refractivity contribution in [2.75, 3.05) is 0 Å². The molecule has 1 aromatic carbocycles. The number of Topliss-reactive ketones (excluding diaryl/α,β-unsaturated/α-hetero) is 2. The maximum atomic E-state index is 12.4. The first kappa shape index (κ1) is 12.3. The lowest BCUT2D eigenvalue weighted by Crippen LogP contribution is -2.43. The molecule has 0 amide bonds. The third kappa shape index (κ3) is 1.69. The topological polar surface area (TPSA) is 54.4 Å². The zero-order valence-electron chi connectivity index (χ0n) is 10.7. The second-order valence-corrected chi connectivity index (χ2v) is 5.24. The SMILES string of the molecule is O=C1c2ccccc2C(=O)C1(O)C1=CCCCCC1. The second-order valence-electron chi connectivity index (χ2n) is 5.24. The Kier molecular flexibility index (Phi) is 2.86. The van der Waals surface area contributed by atoms with Crippen LogP contribution in [0.3, 0.4) is 0 Å². The van der Waals surface area contributed by atoms with Gasteiger partial charge in [0.05, 0.1) is 0 Å². The van der Waals surface area contributed by atoms with Crippen LogP contribution < -0.4 is 0 Å². The van der Waals surface area contributed by atoms with Crippen molar-refractivity contribution in [1.82, 2.24) is 0 Å². The van der Waals surface area contributed by atoms with Crippen LogP contribution in [0.1, 0.15) is 52.8 Å². The molecule has 0 heterocycles. The van der Waals surface area contributed by atoms with Crippen molar-refractivity contribution in [1.29, 1.82) is 0 Å². The normalized spacial score (nSPS) is 21.8. The van der Waals surface area contributed by atoms with Crippen molar-refractivity contribution in [3.8, 4) is 0 Å². The van der Waals surface area contributed by atoms with Crippen molar-refractivity contribution in [2.45, 2.75) is 37.7 Å². The Labute approximate surface area is 111 Å². The van der Waals surface area contributed by atoms with Crippen LogP contribution in [0.15, 0.2) is 35.9 Å². The van der Waals surface area contributed by atoms with E-state index in [1.54, 1.807) is 24.3 Å². The molecule has 2 aliphatic rings. The number of ketones is 2. The van der Waals surface area contributed by atoms with Gasteiger partial charge in [0.15, 0.2) is 0 Å². The van der Waals surface area contributed by atoms with Crippen molar-refractivity contribution in [3.63, 3.8) is 0 Å². The van der Waals surface area contributed by atoms with Crippen LogP contribution in [-0.4, -0.2) is 22.3 Å². The van der Waals surface area contributed by atoms with Crippen LogP contribution in [0.25, 0.3) is 0 Å². The van der Waals surface area contributed by atoms with E-state index < -0.39 is 17.2 Å². The van der Waals surface area contributed by atoms with Gasteiger partial charge in [0.1, 0.15) is 0 Å². The van der Waals surface area contributed by atoms with Gasteiger partial charge in [0.2, 0.25) is 17.2 Å². The van der Waals surface area contributed by atoms with Crippen LogP contribution in [-0.2, 0) is 0 Å². The molecule has 0 radical (unpaired) electrons. The summed E-state index contributed by atoms with van der Waals surface area (Å²) in [5.74, 6) is -0.914. The molecule has 98 valence electrons. The van der Waals surface area contributed by atoms with Gasteiger partial charge in [-0.25, -0.2) is 0 Å². The highest BCUT2D eigenvalue weighted by Crippen LogP contribution is 2.38. The molecular formula is C16H16O3. The highest BCUT2D eigenvalue weighted by molar-refractivity contribution is 6.33. The number of allylic oxidation sites excluding steroid dienone is 1. The summed E-state index contributed by atoms with van der Waals surface area (Å²) in [6.07, 6.45) is 6.39. The average molecular weight is 256 g/mol. The van der Waals surface area contributed by atoms with Gasteiger partial charge in [-0.05, 0) is 31.3 Å². The summed E-state index contributed by atoms with van der Waals surface area (Å²) in [5, 5.41) is 10.7. The second kappa shape index (κ2) is 4.42. The summed E-state index contributed by atoms with van der Waals surface area (Å²) < 4.78 is 0. The first-order valence-electron chi connectivity index (χ1n) is 6.76. The molecule has 0 bridgehead atoms. The lowest BCUT2D eigenvalue weighted by molar-refractivity contribution is 0.0441. The molecule has 0 saturated heterocycles. The molecular weight excluding hydrogens is 240 g/mol. The van der Waals surface area contributed by atoms with Crippen LogP contribution in [0.4, 0.5) is 0 Å². The van der Waals surface area contributed by atoms with Gasteiger partial charge in [-0.15, -0.1) is 0 Å². The quantitative estimate of drug-likeness (QED) is 0.621. The third-order valence-corrected chi connectivity index (χ3v) is 4.08. The number of rotatable bonds is 1. The predicted octanol–water partition coefficient (Wildman–Crippen LogP) is 2.69. The van der Waals surface area contributed by atoms with Crippen LogP contribution in [0.5, 0.6) is 0 Å². The summed E-state index contributed by atoms with van der Waals surface area (Å²) in [7, 11) is 0. The lowest BCUT2D eigenvalue weighted by atomic mass is 9.85. The van der Waals surface area contributed by atoms with Crippen molar-refractivity contribution < 1.29 is 14.7 Å². The van der Waals surface area contributed by atoms with E-state index in [1.807, 2.05) is 6.08 Å². The Morgan fingerprint density at radius 2 is 1.58 bits per heavy atom. The molecule has 0 spiro atoms. The molecule has 3 heteroatoms. The number of hydrogen-bond acceptors (Lipinski definition) is 3. The Bertz CT molecular complexity index is 548. The number of carbonyl (C=O) groups excluding carboxylic acids is 2. The summed E-state index contributed by atoms with van der Waals surface area (Å²) >= 11 is 0. The molecule has 19 heavy (non-hydrogen) atoms. The molecule has 3 rings (SSSR count). The van der Waals surface area contributed by atoms with Gasteiger partial charge in [-0.1, -0.05) is 36.8 Å². The van der Waals surface area contributed by atoms with Crippen molar-refractivity contribution in [2.24, 2.45) is 0 Å². The minimum Gasteiger partial charge on any atom is -0.371 e. The van der Waals surface area contributed by atoms with E-state index in [0.29, 0.717) is 23.1 Å². The van der Waals surface area contributed by atoms with E-state index in [9.17, 15) is 14.7 Å². The first-order valence-corrected chi connectivity index (χ1v) is 6.76.